The average Bonchev–Trinajstić information content (AvgIpc) is 2.64. The van der Waals surface area contributed by atoms with E-state index < -0.39 is 0 Å². The molecule has 4 nitrogen and oxygen atoms in total. The maximum atomic E-state index is 4.49. The van der Waals surface area contributed by atoms with Gasteiger partial charge in [-0.1, -0.05) is 43.3 Å². The van der Waals surface area contributed by atoms with Crippen LogP contribution in [0.4, 0.5) is 0 Å². The summed E-state index contributed by atoms with van der Waals surface area (Å²) in [7, 11) is 1.86. The lowest BCUT2D eigenvalue weighted by atomic mass is 9.82. The van der Waals surface area contributed by atoms with Crippen LogP contribution in [0.15, 0.2) is 53.7 Å². The van der Waals surface area contributed by atoms with Gasteiger partial charge in [-0.15, -0.1) is 0 Å². The Labute approximate surface area is 151 Å². The summed E-state index contributed by atoms with van der Waals surface area (Å²) in [5.74, 6) is 2.21. The summed E-state index contributed by atoms with van der Waals surface area (Å²) in [4.78, 5) is 11.3. The van der Waals surface area contributed by atoms with Crippen LogP contribution in [0.2, 0.25) is 0 Å². The second kappa shape index (κ2) is 8.15. The minimum atomic E-state index is 0.603. The molecule has 0 spiro atoms. The SMILES string of the molecule is CN=C(NCc1ncccc1C)N1CCC(c2ccccc2)C(C)C1. The minimum absolute atomic E-state index is 0.603. The van der Waals surface area contributed by atoms with E-state index in [1.54, 1.807) is 0 Å². The van der Waals surface area contributed by atoms with Crippen LogP contribution in [0.3, 0.4) is 0 Å². The number of likely N-dealkylation sites (tertiary alicyclic amines) is 1. The van der Waals surface area contributed by atoms with Gasteiger partial charge in [0, 0.05) is 26.3 Å². The highest BCUT2D eigenvalue weighted by Gasteiger charge is 2.28. The molecule has 1 N–H and O–H groups in total. The van der Waals surface area contributed by atoms with Crippen molar-refractivity contribution in [1.29, 1.82) is 0 Å². The summed E-state index contributed by atoms with van der Waals surface area (Å²) in [6.07, 6.45) is 3.01. The molecule has 1 aliphatic rings. The van der Waals surface area contributed by atoms with Crippen molar-refractivity contribution in [3.8, 4) is 0 Å². The van der Waals surface area contributed by atoms with E-state index in [4.69, 9.17) is 0 Å². The first-order valence-corrected chi connectivity index (χ1v) is 9.10. The molecule has 25 heavy (non-hydrogen) atoms. The molecule has 0 radical (unpaired) electrons. The highest BCUT2D eigenvalue weighted by Crippen LogP contribution is 2.32. The lowest BCUT2D eigenvalue weighted by molar-refractivity contribution is 0.234. The molecule has 0 amide bonds. The third-order valence-electron chi connectivity index (χ3n) is 5.18. The Kier molecular flexibility index (Phi) is 5.69. The number of guanidine groups is 1. The lowest BCUT2D eigenvalue weighted by Gasteiger charge is -2.39. The molecule has 1 aliphatic heterocycles. The highest BCUT2D eigenvalue weighted by molar-refractivity contribution is 5.80. The third kappa shape index (κ3) is 4.19. The van der Waals surface area contributed by atoms with Gasteiger partial charge in [0.05, 0.1) is 12.2 Å². The summed E-state index contributed by atoms with van der Waals surface area (Å²) in [5, 5.41) is 3.48. The number of nitrogens with one attached hydrogen (secondary N) is 1. The summed E-state index contributed by atoms with van der Waals surface area (Å²) < 4.78 is 0. The van der Waals surface area contributed by atoms with E-state index in [1.165, 1.54) is 11.1 Å². The van der Waals surface area contributed by atoms with Gasteiger partial charge in [-0.2, -0.15) is 0 Å². The van der Waals surface area contributed by atoms with Gasteiger partial charge in [0.25, 0.3) is 0 Å². The van der Waals surface area contributed by atoms with Crippen molar-refractivity contribution >= 4 is 5.96 Å². The van der Waals surface area contributed by atoms with Crippen molar-refractivity contribution in [3.05, 3.63) is 65.5 Å². The Morgan fingerprint density at radius 3 is 2.72 bits per heavy atom. The van der Waals surface area contributed by atoms with Gasteiger partial charge in [-0.05, 0) is 42.4 Å². The Balaban J connectivity index is 1.61. The zero-order chi connectivity index (χ0) is 17.6. The Bertz CT molecular complexity index is 711. The van der Waals surface area contributed by atoms with Gasteiger partial charge in [-0.25, -0.2) is 0 Å². The van der Waals surface area contributed by atoms with Crippen LogP contribution >= 0.6 is 0 Å². The first kappa shape index (κ1) is 17.5. The molecule has 1 fully saturated rings. The molecule has 3 rings (SSSR count). The first-order valence-electron chi connectivity index (χ1n) is 9.10. The summed E-state index contributed by atoms with van der Waals surface area (Å²) in [5.41, 5.74) is 3.75. The van der Waals surface area contributed by atoms with Crippen LogP contribution in [-0.4, -0.2) is 36.0 Å². The standard InChI is InChI=1S/C21H28N4/c1-16-8-7-12-23-20(16)14-24-21(22-3)25-13-11-19(17(2)15-25)18-9-5-4-6-10-18/h4-10,12,17,19H,11,13-15H2,1-3H3,(H,22,24). The quantitative estimate of drug-likeness (QED) is 0.688. The molecule has 2 heterocycles. The smallest absolute Gasteiger partial charge is 0.193 e. The van der Waals surface area contributed by atoms with E-state index in [2.05, 4.69) is 70.4 Å². The monoisotopic (exact) mass is 336 g/mol. The number of nitrogens with zero attached hydrogens (tertiary/aromatic N) is 3. The van der Waals surface area contributed by atoms with Crippen molar-refractivity contribution < 1.29 is 0 Å². The van der Waals surface area contributed by atoms with E-state index in [-0.39, 0.29) is 0 Å². The molecule has 1 aromatic carbocycles. The van der Waals surface area contributed by atoms with Crippen molar-refractivity contribution in [2.45, 2.75) is 32.7 Å². The number of rotatable bonds is 3. The molecule has 0 saturated carbocycles. The molecule has 0 bridgehead atoms. The third-order valence-corrected chi connectivity index (χ3v) is 5.18. The van der Waals surface area contributed by atoms with Gasteiger partial charge >= 0.3 is 0 Å². The number of hydrogen-bond donors (Lipinski definition) is 1. The molecular weight excluding hydrogens is 308 g/mol. The summed E-state index contributed by atoms with van der Waals surface area (Å²) in [6.45, 7) is 7.22. The van der Waals surface area contributed by atoms with E-state index in [1.807, 2.05) is 19.3 Å². The van der Waals surface area contributed by atoms with E-state index >= 15 is 0 Å². The molecule has 2 atom stereocenters. The number of hydrogen-bond acceptors (Lipinski definition) is 2. The van der Waals surface area contributed by atoms with Gasteiger partial charge in [0.15, 0.2) is 5.96 Å². The van der Waals surface area contributed by atoms with E-state index in [0.29, 0.717) is 18.4 Å². The topological polar surface area (TPSA) is 40.5 Å². The number of aromatic nitrogens is 1. The van der Waals surface area contributed by atoms with Crippen LogP contribution in [0.25, 0.3) is 0 Å². The molecule has 2 unspecified atom stereocenters. The maximum absolute atomic E-state index is 4.49. The van der Waals surface area contributed by atoms with Crippen LogP contribution in [0, 0.1) is 12.8 Å². The van der Waals surface area contributed by atoms with E-state index in [9.17, 15) is 0 Å². The molecule has 132 valence electrons. The predicted octanol–water partition coefficient (Wildman–Crippen LogP) is 3.59. The summed E-state index contributed by atoms with van der Waals surface area (Å²) >= 11 is 0. The number of piperidine rings is 1. The van der Waals surface area contributed by atoms with Crippen LogP contribution in [-0.2, 0) is 6.54 Å². The van der Waals surface area contributed by atoms with Crippen LogP contribution in [0.5, 0.6) is 0 Å². The van der Waals surface area contributed by atoms with Gasteiger partial charge in [-0.3, -0.25) is 9.98 Å². The Morgan fingerprint density at radius 1 is 1.24 bits per heavy atom. The Hall–Kier alpha value is -2.36. The zero-order valence-electron chi connectivity index (χ0n) is 15.4. The summed E-state index contributed by atoms with van der Waals surface area (Å²) in [6, 6.07) is 15.0. The van der Waals surface area contributed by atoms with Gasteiger partial charge < -0.3 is 10.2 Å². The first-order chi connectivity index (χ1) is 12.2. The van der Waals surface area contributed by atoms with Crippen molar-refractivity contribution in [2.24, 2.45) is 10.9 Å². The fourth-order valence-electron chi connectivity index (χ4n) is 3.73. The van der Waals surface area contributed by atoms with Crippen LogP contribution in [0.1, 0.15) is 36.1 Å². The Morgan fingerprint density at radius 2 is 2.04 bits per heavy atom. The molecule has 4 heteroatoms. The molecule has 1 aromatic heterocycles. The van der Waals surface area contributed by atoms with Crippen molar-refractivity contribution in [2.75, 3.05) is 20.1 Å². The number of aliphatic imine (C=N–C) groups is 1. The normalized spacial score (nSPS) is 21.2. The highest BCUT2D eigenvalue weighted by atomic mass is 15.3. The predicted molar refractivity (Wildman–Crippen MR) is 104 cm³/mol. The molecule has 1 saturated heterocycles. The van der Waals surface area contributed by atoms with Crippen molar-refractivity contribution in [3.63, 3.8) is 0 Å². The van der Waals surface area contributed by atoms with Crippen molar-refractivity contribution in [1.82, 2.24) is 15.2 Å². The number of aryl methyl sites for hydroxylation is 1. The van der Waals surface area contributed by atoms with Crippen LogP contribution < -0.4 is 5.32 Å². The number of pyridine rings is 1. The molecule has 2 aromatic rings. The zero-order valence-corrected chi connectivity index (χ0v) is 15.4. The number of benzene rings is 1. The van der Waals surface area contributed by atoms with E-state index in [0.717, 1.165) is 31.2 Å². The lowest BCUT2D eigenvalue weighted by Crippen LogP contribution is -2.47. The second-order valence-corrected chi connectivity index (χ2v) is 6.90. The fourth-order valence-corrected chi connectivity index (χ4v) is 3.73. The van der Waals surface area contributed by atoms with Gasteiger partial charge in [0.2, 0.25) is 0 Å². The second-order valence-electron chi connectivity index (χ2n) is 6.90. The fraction of sp³-hybridized carbons (Fsp3) is 0.429. The molecule has 0 aliphatic carbocycles. The average molecular weight is 336 g/mol. The van der Waals surface area contributed by atoms with Gasteiger partial charge in [0.1, 0.15) is 0 Å². The minimum Gasteiger partial charge on any atom is -0.351 e. The maximum Gasteiger partial charge on any atom is 0.193 e. The largest absolute Gasteiger partial charge is 0.351 e. The molecular formula is C21H28N4.